The van der Waals surface area contributed by atoms with Crippen LogP contribution in [0.5, 0.6) is 11.5 Å². The maximum atomic E-state index is 12.4. The zero-order valence-corrected chi connectivity index (χ0v) is 47.2. The van der Waals surface area contributed by atoms with Crippen molar-refractivity contribution in [1.82, 2.24) is 0 Å². The van der Waals surface area contributed by atoms with Gasteiger partial charge in [0, 0.05) is 57.5 Å². The van der Waals surface area contributed by atoms with E-state index in [-0.39, 0.29) is 28.7 Å². The van der Waals surface area contributed by atoms with E-state index in [1.165, 1.54) is 72.8 Å². The molecule has 0 bridgehead atoms. The first kappa shape index (κ1) is 55.9. The molecule has 76 heavy (non-hydrogen) atoms. The lowest BCUT2D eigenvalue weighted by Gasteiger charge is -2.52. The number of hydrogen-bond donors (Lipinski definition) is 3. The summed E-state index contributed by atoms with van der Waals surface area (Å²) in [6, 6.07) is 19.0. The van der Waals surface area contributed by atoms with Gasteiger partial charge in [-0.1, -0.05) is 56.7 Å². The molecule has 9 aliphatic carbocycles. The zero-order chi connectivity index (χ0) is 52.4. The van der Waals surface area contributed by atoms with Crippen LogP contribution in [0.25, 0.3) is 0 Å². The van der Waals surface area contributed by atoms with Gasteiger partial charge in [-0.05, 0) is 238 Å². The van der Waals surface area contributed by atoms with Crippen LogP contribution in [0, 0.1) is 58.7 Å². The Morgan fingerprint density at radius 2 is 1.07 bits per heavy atom. The number of phenolic OH excluding ortho intramolecular Hbond substituents is 2. The lowest BCUT2D eigenvalue weighted by Crippen LogP contribution is -2.46. The van der Waals surface area contributed by atoms with Crippen molar-refractivity contribution < 1.29 is 49.3 Å². The van der Waals surface area contributed by atoms with Crippen molar-refractivity contribution in [3.63, 3.8) is 0 Å². The van der Waals surface area contributed by atoms with E-state index in [9.17, 15) is 20.1 Å². The SMILES string of the molecule is COC[C@@H]1CC2C(CC[C@@]3(C)C2CC[C@@H]3O)c2ccc(O)cc21.COC[C@@H]1CC2C(CC[C@@]3(C)C2CC[C@@H]3OC2CCCCO2)c2ccc(C)cc21.COC[C@@H]1CC2C(CC[C@]3(C)C(=O)CCC23)c2ccc(O)cc21.O. The molecule has 0 spiro atoms. The van der Waals surface area contributed by atoms with Crippen molar-refractivity contribution in [2.45, 2.75) is 197 Å². The molecule has 1 saturated heterocycles. The number of fused-ring (bicyclic) bond motifs is 15. The Hall–Kier alpha value is -3.35. The number of methoxy groups -OCH3 is 3. The van der Waals surface area contributed by atoms with Crippen molar-refractivity contribution in [3.8, 4) is 11.5 Å². The fraction of sp³-hybridized carbons (Fsp3) is 0.712. The minimum atomic E-state index is -0.129. The van der Waals surface area contributed by atoms with Crippen molar-refractivity contribution in [2.75, 3.05) is 47.8 Å². The summed E-state index contributed by atoms with van der Waals surface area (Å²) in [6.07, 6.45) is 20.7. The molecule has 3 aromatic carbocycles. The molecule has 3 aromatic rings. The average Bonchev–Trinajstić information content (AvgIpc) is 4.14. The molecule has 18 atom stereocenters. The number of phenols is 2. The van der Waals surface area contributed by atoms with E-state index in [2.05, 4.69) is 58.0 Å². The fourth-order valence-electron chi connectivity index (χ4n) is 19.3. The molecule has 6 saturated carbocycles. The third-order valence-corrected chi connectivity index (χ3v) is 23.0. The summed E-state index contributed by atoms with van der Waals surface area (Å²) in [5.74, 6) is 8.19. The van der Waals surface area contributed by atoms with Gasteiger partial charge >= 0.3 is 0 Å². The number of aliphatic hydroxyl groups is 1. The van der Waals surface area contributed by atoms with Gasteiger partial charge < -0.3 is 44.5 Å². The smallest absolute Gasteiger partial charge is 0.157 e. The lowest BCUT2D eigenvalue weighted by molar-refractivity contribution is -0.213. The number of aliphatic hydroxyl groups excluding tert-OH is 1. The lowest BCUT2D eigenvalue weighted by atomic mass is 9.54. The van der Waals surface area contributed by atoms with E-state index in [4.69, 9.17) is 23.7 Å². The van der Waals surface area contributed by atoms with E-state index in [1.807, 2.05) is 31.4 Å². The number of rotatable bonds is 8. The molecule has 10 heteroatoms. The number of ether oxygens (including phenoxy) is 5. The van der Waals surface area contributed by atoms with Crippen LogP contribution in [0.1, 0.15) is 211 Å². The first-order chi connectivity index (χ1) is 36.2. The summed E-state index contributed by atoms with van der Waals surface area (Å²) in [5.41, 5.74) is 10.3. The van der Waals surface area contributed by atoms with Gasteiger partial charge in [-0.3, -0.25) is 4.79 Å². The summed E-state index contributed by atoms with van der Waals surface area (Å²) >= 11 is 0. The highest BCUT2D eigenvalue weighted by molar-refractivity contribution is 5.87. The Morgan fingerprint density at radius 1 is 0.566 bits per heavy atom. The van der Waals surface area contributed by atoms with Gasteiger partial charge in [0.25, 0.3) is 0 Å². The third-order valence-electron chi connectivity index (χ3n) is 23.0. The number of hydrogen-bond acceptors (Lipinski definition) is 9. The second kappa shape index (κ2) is 22.7. The predicted octanol–water partition coefficient (Wildman–Crippen LogP) is 12.9. The molecule has 10 unspecified atom stereocenters. The second-order valence-corrected chi connectivity index (χ2v) is 26.7. The van der Waals surface area contributed by atoms with Crippen LogP contribution in [0.2, 0.25) is 0 Å². The Morgan fingerprint density at radius 3 is 1.62 bits per heavy atom. The van der Waals surface area contributed by atoms with E-state index in [0.29, 0.717) is 95.3 Å². The van der Waals surface area contributed by atoms with Crippen molar-refractivity contribution in [3.05, 3.63) is 93.5 Å². The normalized spacial score (nSPS) is 40.3. The first-order valence-corrected chi connectivity index (χ1v) is 29.9. The Labute approximate surface area is 455 Å². The number of Topliss-reactive ketones (excluding diaryl/α,β-unsaturated/α-hetero) is 1. The van der Waals surface area contributed by atoms with E-state index in [1.54, 1.807) is 25.3 Å². The second-order valence-electron chi connectivity index (χ2n) is 26.7. The maximum Gasteiger partial charge on any atom is 0.157 e. The molecular weight excluding hydrogens is 953 g/mol. The standard InChI is InChI=1S/C26H38O3.C20H28O3.C20H26O3.H2O/c1-17-7-8-19-20-11-12-26(2)23(22(20)15-18(16-27-3)21(19)14-17)9-10-24(26)29-25-6-4-5-13-28-25;2*1-20-8-7-15-14-4-3-13(21)10-16(14)12(11-23-2)9-17(15)18(20)5-6-19(20)22;/h7-8,14,18,20,22-25H,4-6,9-13,15-16H2,1-3H3;3-4,10,12,15,17-19,21-22H,5-9,11H2,1-2H3;3-4,10,12,15,17-18,21H,5-9,11H2,1-2H3;1H2/t18-,20?,22?,23?,24-,25?,26-;12-,15?,17?,18?,19-,20-;12-,15?,17?,18?,20-;/m000./s1. The maximum absolute atomic E-state index is 12.4. The van der Waals surface area contributed by atoms with Gasteiger partial charge in [-0.25, -0.2) is 0 Å². The molecule has 10 aliphatic rings. The van der Waals surface area contributed by atoms with Gasteiger partial charge in [0.05, 0.1) is 32.0 Å². The largest absolute Gasteiger partial charge is 0.508 e. The van der Waals surface area contributed by atoms with Crippen LogP contribution < -0.4 is 0 Å². The van der Waals surface area contributed by atoms with E-state index in [0.717, 1.165) is 102 Å². The minimum absolute atomic E-state index is 0. The number of benzene rings is 3. The first-order valence-electron chi connectivity index (χ1n) is 29.9. The summed E-state index contributed by atoms with van der Waals surface area (Å²) in [7, 11) is 5.37. The van der Waals surface area contributed by atoms with Crippen molar-refractivity contribution >= 4 is 5.78 Å². The van der Waals surface area contributed by atoms with Crippen LogP contribution in [0.4, 0.5) is 0 Å². The van der Waals surface area contributed by atoms with E-state index >= 15 is 0 Å². The van der Waals surface area contributed by atoms with Gasteiger partial charge in [-0.15, -0.1) is 0 Å². The minimum Gasteiger partial charge on any atom is -0.508 e. The number of aromatic hydroxyl groups is 2. The highest BCUT2D eigenvalue weighted by Crippen LogP contribution is 2.65. The molecular formula is C66H94O10. The quantitative estimate of drug-likeness (QED) is 0.200. The van der Waals surface area contributed by atoms with Gasteiger partial charge in [0.2, 0.25) is 0 Å². The van der Waals surface area contributed by atoms with Crippen molar-refractivity contribution in [2.24, 2.45) is 51.8 Å². The molecule has 418 valence electrons. The molecule has 0 aromatic heterocycles. The van der Waals surface area contributed by atoms with Gasteiger partial charge in [0.1, 0.15) is 17.3 Å². The molecule has 13 rings (SSSR count). The number of ketones is 1. The number of aryl methyl sites for hydroxylation is 1. The molecule has 5 N–H and O–H groups in total. The van der Waals surface area contributed by atoms with Crippen LogP contribution >= 0.6 is 0 Å². The summed E-state index contributed by atoms with van der Waals surface area (Å²) in [4.78, 5) is 12.4. The number of carbonyl (C=O) groups excluding carboxylic acids is 1. The summed E-state index contributed by atoms with van der Waals surface area (Å²) in [6.45, 7) is 12.4. The average molecular weight is 1050 g/mol. The Bertz CT molecular complexity index is 2500. The fourth-order valence-corrected chi connectivity index (χ4v) is 19.3. The zero-order valence-electron chi connectivity index (χ0n) is 47.2. The van der Waals surface area contributed by atoms with E-state index < -0.39 is 0 Å². The highest BCUT2D eigenvalue weighted by atomic mass is 16.7. The third kappa shape index (κ3) is 9.94. The summed E-state index contributed by atoms with van der Waals surface area (Å²) < 4.78 is 29.2. The topological polar surface area (TPSA) is 155 Å². The molecule has 10 nitrogen and oxygen atoms in total. The van der Waals surface area contributed by atoms with Crippen LogP contribution in [0.15, 0.2) is 54.6 Å². The molecule has 1 aliphatic heterocycles. The van der Waals surface area contributed by atoms with Crippen LogP contribution in [0.3, 0.4) is 0 Å². The molecule has 1 heterocycles. The van der Waals surface area contributed by atoms with Crippen LogP contribution in [-0.2, 0) is 28.5 Å². The highest BCUT2D eigenvalue weighted by Gasteiger charge is 2.59. The molecule has 7 fully saturated rings. The van der Waals surface area contributed by atoms with Gasteiger partial charge in [-0.2, -0.15) is 0 Å². The predicted molar refractivity (Wildman–Crippen MR) is 297 cm³/mol. The Kier molecular flexibility index (Phi) is 16.7. The summed E-state index contributed by atoms with van der Waals surface area (Å²) in [5, 5.41) is 30.4. The molecule has 0 radical (unpaired) electrons. The van der Waals surface area contributed by atoms with Crippen LogP contribution in [-0.4, -0.2) is 92.8 Å². The monoisotopic (exact) mass is 1050 g/mol. The Balaban J connectivity index is 0.000000130. The van der Waals surface area contributed by atoms with Gasteiger partial charge in [0.15, 0.2) is 6.29 Å². The van der Waals surface area contributed by atoms with Crippen molar-refractivity contribution in [1.29, 1.82) is 0 Å². The molecule has 0 amide bonds. The number of carbonyl (C=O) groups is 1.